The minimum absolute atomic E-state index is 0.186. The summed E-state index contributed by atoms with van der Waals surface area (Å²) in [5.41, 5.74) is 2.49. The molecule has 1 fully saturated rings. The standard InChI is InChI=1S/C12H12ClNO2/c13-7-2-1-6-3-9-10(8(6)4-7)5-14-11(9)12(15)16/h1-2,4,9-11,14H,3,5H2,(H,15,16). The van der Waals surface area contributed by atoms with Gasteiger partial charge in [0.1, 0.15) is 6.04 Å². The number of nitrogens with one attached hydrogen (secondary N) is 1. The summed E-state index contributed by atoms with van der Waals surface area (Å²) in [5, 5.41) is 12.9. The molecule has 3 nitrogen and oxygen atoms in total. The van der Waals surface area contributed by atoms with Gasteiger partial charge in [0.05, 0.1) is 0 Å². The molecule has 0 spiro atoms. The van der Waals surface area contributed by atoms with Gasteiger partial charge in [0.15, 0.2) is 0 Å². The first-order valence-electron chi connectivity index (χ1n) is 5.41. The average Bonchev–Trinajstić information content (AvgIpc) is 2.76. The number of hydrogen-bond acceptors (Lipinski definition) is 2. The van der Waals surface area contributed by atoms with E-state index in [2.05, 4.69) is 5.32 Å². The highest BCUT2D eigenvalue weighted by Crippen LogP contribution is 2.43. The quantitative estimate of drug-likeness (QED) is 0.781. The molecule has 1 saturated heterocycles. The Labute approximate surface area is 98.4 Å². The number of hydrogen-bond donors (Lipinski definition) is 2. The van der Waals surface area contributed by atoms with Gasteiger partial charge in [-0.3, -0.25) is 4.79 Å². The van der Waals surface area contributed by atoms with E-state index in [0.29, 0.717) is 5.92 Å². The van der Waals surface area contributed by atoms with Crippen LogP contribution in [0.1, 0.15) is 17.0 Å². The summed E-state index contributed by atoms with van der Waals surface area (Å²) in [7, 11) is 0. The van der Waals surface area contributed by atoms with Gasteiger partial charge in [-0.05, 0) is 35.6 Å². The third-order valence-electron chi connectivity index (χ3n) is 3.73. The first-order chi connectivity index (χ1) is 7.66. The van der Waals surface area contributed by atoms with E-state index in [0.717, 1.165) is 18.0 Å². The van der Waals surface area contributed by atoms with E-state index < -0.39 is 12.0 Å². The minimum Gasteiger partial charge on any atom is -0.480 e. The van der Waals surface area contributed by atoms with Gasteiger partial charge in [-0.15, -0.1) is 0 Å². The van der Waals surface area contributed by atoms with Crippen molar-refractivity contribution in [2.75, 3.05) is 6.54 Å². The molecule has 0 bridgehead atoms. The topological polar surface area (TPSA) is 49.3 Å². The number of rotatable bonds is 1. The zero-order valence-corrected chi connectivity index (χ0v) is 9.37. The summed E-state index contributed by atoms with van der Waals surface area (Å²) >= 11 is 5.98. The highest BCUT2D eigenvalue weighted by Gasteiger charge is 2.45. The Balaban J connectivity index is 1.98. The van der Waals surface area contributed by atoms with Crippen molar-refractivity contribution in [1.82, 2.24) is 5.32 Å². The summed E-state index contributed by atoms with van der Waals surface area (Å²) in [6.07, 6.45) is 0.848. The first kappa shape index (κ1) is 10.1. The van der Waals surface area contributed by atoms with Gasteiger partial charge in [-0.25, -0.2) is 0 Å². The fourth-order valence-corrected chi connectivity index (χ4v) is 3.19. The lowest BCUT2D eigenvalue weighted by molar-refractivity contribution is -0.140. The van der Waals surface area contributed by atoms with Crippen LogP contribution >= 0.6 is 11.6 Å². The molecule has 3 rings (SSSR count). The number of carboxylic acid groups (broad SMARTS) is 1. The highest BCUT2D eigenvalue weighted by atomic mass is 35.5. The molecule has 3 atom stereocenters. The maximum absolute atomic E-state index is 11.1. The molecule has 16 heavy (non-hydrogen) atoms. The number of aliphatic carboxylic acids is 1. The fraction of sp³-hybridized carbons (Fsp3) is 0.417. The SMILES string of the molecule is O=C(O)C1NCC2c3cc(Cl)ccc3CC12. The van der Waals surface area contributed by atoms with E-state index >= 15 is 0 Å². The minimum atomic E-state index is -0.744. The molecule has 1 heterocycles. The smallest absolute Gasteiger partial charge is 0.321 e. The van der Waals surface area contributed by atoms with Crippen LogP contribution in [0.15, 0.2) is 18.2 Å². The van der Waals surface area contributed by atoms with E-state index in [1.807, 2.05) is 18.2 Å². The van der Waals surface area contributed by atoms with Crippen LogP contribution in [0, 0.1) is 5.92 Å². The molecule has 84 valence electrons. The Morgan fingerprint density at radius 2 is 2.31 bits per heavy atom. The molecule has 1 aliphatic carbocycles. The lowest BCUT2D eigenvalue weighted by Crippen LogP contribution is -2.35. The predicted molar refractivity (Wildman–Crippen MR) is 60.8 cm³/mol. The van der Waals surface area contributed by atoms with Crippen molar-refractivity contribution >= 4 is 17.6 Å². The van der Waals surface area contributed by atoms with Gasteiger partial charge < -0.3 is 10.4 Å². The summed E-state index contributed by atoms with van der Waals surface area (Å²) in [5.74, 6) is -0.243. The molecule has 4 heteroatoms. The molecule has 0 saturated carbocycles. The lowest BCUT2D eigenvalue weighted by Gasteiger charge is -2.12. The van der Waals surface area contributed by atoms with Gasteiger partial charge in [0.25, 0.3) is 0 Å². The molecule has 0 amide bonds. The normalized spacial score (nSPS) is 31.2. The molecule has 3 unspecified atom stereocenters. The fourth-order valence-electron chi connectivity index (χ4n) is 3.01. The number of fused-ring (bicyclic) bond motifs is 3. The van der Waals surface area contributed by atoms with Crippen molar-refractivity contribution in [2.24, 2.45) is 5.92 Å². The third kappa shape index (κ3) is 1.35. The van der Waals surface area contributed by atoms with Gasteiger partial charge in [-0.2, -0.15) is 0 Å². The Hall–Kier alpha value is -1.06. The van der Waals surface area contributed by atoms with Gasteiger partial charge in [0, 0.05) is 17.5 Å². The maximum Gasteiger partial charge on any atom is 0.321 e. The Bertz CT molecular complexity index is 460. The van der Waals surface area contributed by atoms with E-state index in [-0.39, 0.29) is 5.92 Å². The van der Waals surface area contributed by atoms with Crippen molar-refractivity contribution < 1.29 is 9.90 Å². The summed E-state index contributed by atoms with van der Waals surface area (Å²) < 4.78 is 0. The van der Waals surface area contributed by atoms with E-state index in [1.165, 1.54) is 11.1 Å². The van der Waals surface area contributed by atoms with Crippen molar-refractivity contribution in [3.05, 3.63) is 34.3 Å². The second kappa shape index (κ2) is 3.47. The third-order valence-corrected chi connectivity index (χ3v) is 3.97. The molecular weight excluding hydrogens is 226 g/mol. The number of carbonyl (C=O) groups is 1. The number of benzene rings is 1. The van der Waals surface area contributed by atoms with Crippen molar-refractivity contribution in [2.45, 2.75) is 18.4 Å². The molecule has 0 radical (unpaired) electrons. The zero-order chi connectivity index (χ0) is 11.3. The summed E-state index contributed by atoms with van der Waals surface area (Å²) in [6, 6.07) is 5.48. The van der Waals surface area contributed by atoms with Crippen LogP contribution in [0.2, 0.25) is 5.02 Å². The molecule has 1 aromatic carbocycles. The lowest BCUT2D eigenvalue weighted by atomic mass is 9.91. The first-order valence-corrected chi connectivity index (χ1v) is 5.79. The number of carboxylic acids is 1. The summed E-state index contributed by atoms with van der Waals surface area (Å²) in [4.78, 5) is 11.1. The maximum atomic E-state index is 11.1. The van der Waals surface area contributed by atoms with Crippen LogP contribution < -0.4 is 5.32 Å². The van der Waals surface area contributed by atoms with Gasteiger partial charge >= 0.3 is 5.97 Å². The zero-order valence-electron chi connectivity index (χ0n) is 8.61. The molecule has 2 aliphatic rings. The number of halogens is 1. The van der Waals surface area contributed by atoms with E-state index in [9.17, 15) is 4.79 Å². The molecule has 2 N–H and O–H groups in total. The van der Waals surface area contributed by atoms with Crippen LogP contribution in [-0.2, 0) is 11.2 Å². The second-order valence-corrected chi connectivity index (χ2v) is 4.98. The molecular formula is C12H12ClNO2. The monoisotopic (exact) mass is 237 g/mol. The molecule has 1 aliphatic heterocycles. The predicted octanol–water partition coefficient (Wildman–Crippen LogP) is 1.65. The van der Waals surface area contributed by atoms with Gasteiger partial charge in [-0.1, -0.05) is 17.7 Å². The Morgan fingerprint density at radius 3 is 3.06 bits per heavy atom. The second-order valence-electron chi connectivity index (χ2n) is 4.54. The van der Waals surface area contributed by atoms with E-state index in [4.69, 9.17) is 16.7 Å². The summed E-state index contributed by atoms with van der Waals surface area (Å²) in [6.45, 7) is 0.745. The highest BCUT2D eigenvalue weighted by molar-refractivity contribution is 6.30. The Morgan fingerprint density at radius 1 is 1.50 bits per heavy atom. The average molecular weight is 238 g/mol. The Kier molecular flexibility index (Phi) is 2.19. The van der Waals surface area contributed by atoms with E-state index in [1.54, 1.807) is 0 Å². The van der Waals surface area contributed by atoms with Crippen molar-refractivity contribution in [3.63, 3.8) is 0 Å². The molecule has 0 aromatic heterocycles. The van der Waals surface area contributed by atoms with Crippen LogP contribution in [0.4, 0.5) is 0 Å². The van der Waals surface area contributed by atoms with Gasteiger partial charge in [0.2, 0.25) is 0 Å². The van der Waals surface area contributed by atoms with Crippen molar-refractivity contribution in [1.29, 1.82) is 0 Å². The largest absolute Gasteiger partial charge is 0.480 e. The molecule has 1 aromatic rings. The van der Waals surface area contributed by atoms with Crippen LogP contribution in [0.3, 0.4) is 0 Å². The van der Waals surface area contributed by atoms with Crippen LogP contribution in [0.25, 0.3) is 0 Å². The van der Waals surface area contributed by atoms with Crippen LogP contribution in [-0.4, -0.2) is 23.7 Å². The van der Waals surface area contributed by atoms with Crippen molar-refractivity contribution in [3.8, 4) is 0 Å². The van der Waals surface area contributed by atoms with Crippen LogP contribution in [0.5, 0.6) is 0 Å².